The van der Waals surface area contributed by atoms with Gasteiger partial charge in [-0.05, 0) is 25.6 Å². The van der Waals surface area contributed by atoms with Gasteiger partial charge in [-0.2, -0.15) is 0 Å². The number of anilines is 1. The third-order valence-corrected chi connectivity index (χ3v) is 3.91. The molecule has 5 heteroatoms. The lowest BCUT2D eigenvalue weighted by Gasteiger charge is -2.33. The van der Waals surface area contributed by atoms with Crippen molar-refractivity contribution >= 4 is 17.4 Å². The minimum Gasteiger partial charge on any atom is -0.370 e. The van der Waals surface area contributed by atoms with Crippen molar-refractivity contribution in [3.63, 3.8) is 0 Å². The second-order valence-corrected chi connectivity index (χ2v) is 5.27. The van der Waals surface area contributed by atoms with E-state index in [0.29, 0.717) is 0 Å². The number of aromatic nitrogens is 1. The molecule has 0 aromatic carbocycles. The van der Waals surface area contributed by atoms with E-state index in [4.69, 9.17) is 11.6 Å². The van der Waals surface area contributed by atoms with Crippen LogP contribution >= 0.6 is 11.6 Å². The zero-order chi connectivity index (χ0) is 13.7. The Morgan fingerprint density at radius 1 is 1.16 bits per heavy atom. The number of likely N-dealkylation sites (N-methyl/N-ethyl adjacent to an activating group) is 1. The average molecular weight is 283 g/mol. The van der Waals surface area contributed by atoms with Gasteiger partial charge in [-0.3, -0.25) is 4.90 Å². The Morgan fingerprint density at radius 2 is 1.84 bits per heavy atom. The normalized spacial score (nSPS) is 17.6. The monoisotopic (exact) mass is 282 g/mol. The van der Waals surface area contributed by atoms with Crippen molar-refractivity contribution in [1.82, 2.24) is 14.8 Å². The van der Waals surface area contributed by atoms with Crippen LogP contribution in [0.15, 0.2) is 12.1 Å². The van der Waals surface area contributed by atoms with Gasteiger partial charge < -0.3 is 10.2 Å². The van der Waals surface area contributed by atoms with Crippen LogP contribution in [0.1, 0.15) is 19.5 Å². The maximum atomic E-state index is 6.24. The first kappa shape index (κ1) is 14.6. The van der Waals surface area contributed by atoms with Gasteiger partial charge in [-0.15, -0.1) is 0 Å². The minimum atomic E-state index is 0.763. The maximum absolute atomic E-state index is 6.24. The molecule has 1 saturated heterocycles. The summed E-state index contributed by atoms with van der Waals surface area (Å²) in [6.07, 6.45) is 0. The topological polar surface area (TPSA) is 31.4 Å². The first-order valence-electron chi connectivity index (χ1n) is 7.07. The first-order chi connectivity index (χ1) is 9.22. The van der Waals surface area contributed by atoms with Crippen molar-refractivity contribution in [1.29, 1.82) is 0 Å². The lowest BCUT2D eigenvalue weighted by Crippen LogP contribution is -2.45. The van der Waals surface area contributed by atoms with Gasteiger partial charge in [-0.25, -0.2) is 4.98 Å². The van der Waals surface area contributed by atoms with Crippen LogP contribution in [0.2, 0.25) is 5.02 Å². The molecular formula is C14H23ClN4. The van der Waals surface area contributed by atoms with Crippen LogP contribution in [0.5, 0.6) is 0 Å². The summed E-state index contributed by atoms with van der Waals surface area (Å²) in [5.41, 5.74) is 0.977. The molecule has 1 fully saturated rings. The highest BCUT2D eigenvalue weighted by molar-refractivity contribution is 6.31. The second kappa shape index (κ2) is 7.08. The summed E-state index contributed by atoms with van der Waals surface area (Å²) in [5, 5.41) is 4.00. The van der Waals surface area contributed by atoms with E-state index in [1.54, 1.807) is 0 Å². The molecule has 4 nitrogen and oxygen atoms in total. The van der Waals surface area contributed by atoms with Gasteiger partial charge in [0.25, 0.3) is 0 Å². The van der Waals surface area contributed by atoms with E-state index in [1.807, 2.05) is 12.1 Å². The van der Waals surface area contributed by atoms with Crippen molar-refractivity contribution in [3.8, 4) is 0 Å². The highest BCUT2D eigenvalue weighted by atomic mass is 35.5. The summed E-state index contributed by atoms with van der Waals surface area (Å²) in [6, 6.07) is 3.87. The summed E-state index contributed by atoms with van der Waals surface area (Å²) < 4.78 is 0. The fourth-order valence-electron chi connectivity index (χ4n) is 2.35. The van der Waals surface area contributed by atoms with Gasteiger partial charge in [0.2, 0.25) is 0 Å². The maximum Gasteiger partial charge on any atom is 0.126 e. The van der Waals surface area contributed by atoms with Crippen molar-refractivity contribution in [2.24, 2.45) is 0 Å². The fourth-order valence-corrected chi connectivity index (χ4v) is 2.52. The number of rotatable bonds is 5. The Bertz CT molecular complexity index is 402. The van der Waals surface area contributed by atoms with Gasteiger partial charge in [0.1, 0.15) is 5.82 Å². The van der Waals surface area contributed by atoms with Crippen molar-refractivity contribution < 1.29 is 0 Å². The Kier molecular flexibility index (Phi) is 5.43. The van der Waals surface area contributed by atoms with Gasteiger partial charge in [0.15, 0.2) is 0 Å². The van der Waals surface area contributed by atoms with E-state index < -0.39 is 0 Å². The molecule has 0 amide bonds. The van der Waals surface area contributed by atoms with Crippen LogP contribution in [-0.4, -0.2) is 54.1 Å². The SMILES string of the molecule is CCNc1ccc(Cl)c(CN2CCN(CC)CC2)n1. The van der Waals surface area contributed by atoms with E-state index in [0.717, 1.165) is 62.3 Å². The third kappa shape index (κ3) is 4.06. The Balaban J connectivity index is 1.96. The van der Waals surface area contributed by atoms with Crippen LogP contribution < -0.4 is 5.32 Å². The molecule has 0 atom stereocenters. The van der Waals surface area contributed by atoms with Gasteiger partial charge >= 0.3 is 0 Å². The summed E-state index contributed by atoms with van der Waals surface area (Å²) >= 11 is 6.24. The summed E-state index contributed by atoms with van der Waals surface area (Å²) in [4.78, 5) is 9.50. The highest BCUT2D eigenvalue weighted by Gasteiger charge is 2.17. The predicted molar refractivity (Wildman–Crippen MR) is 80.8 cm³/mol. The highest BCUT2D eigenvalue weighted by Crippen LogP contribution is 2.19. The Hall–Kier alpha value is -0.840. The predicted octanol–water partition coefficient (Wildman–Crippen LogP) is 2.30. The lowest BCUT2D eigenvalue weighted by atomic mass is 10.2. The first-order valence-corrected chi connectivity index (χ1v) is 7.44. The largest absolute Gasteiger partial charge is 0.370 e. The number of nitrogens with one attached hydrogen (secondary N) is 1. The molecule has 106 valence electrons. The number of hydrogen-bond acceptors (Lipinski definition) is 4. The Morgan fingerprint density at radius 3 is 2.47 bits per heavy atom. The van der Waals surface area contributed by atoms with E-state index in [2.05, 4.69) is 33.9 Å². The average Bonchev–Trinajstić information content (AvgIpc) is 2.44. The molecule has 1 aromatic rings. The molecule has 2 heterocycles. The summed E-state index contributed by atoms with van der Waals surface area (Å²) in [6.45, 7) is 11.6. The minimum absolute atomic E-state index is 0.763. The van der Waals surface area contributed by atoms with E-state index in [1.165, 1.54) is 0 Å². The molecule has 0 spiro atoms. The van der Waals surface area contributed by atoms with Crippen LogP contribution in [-0.2, 0) is 6.54 Å². The van der Waals surface area contributed by atoms with Crippen molar-refractivity contribution in [3.05, 3.63) is 22.8 Å². The summed E-state index contributed by atoms with van der Waals surface area (Å²) in [7, 11) is 0. The smallest absolute Gasteiger partial charge is 0.126 e. The fraction of sp³-hybridized carbons (Fsp3) is 0.643. The Labute approximate surface area is 120 Å². The van der Waals surface area contributed by atoms with Crippen molar-refractivity contribution in [2.75, 3.05) is 44.6 Å². The molecule has 1 aromatic heterocycles. The molecule has 1 aliphatic heterocycles. The third-order valence-electron chi connectivity index (χ3n) is 3.56. The van der Waals surface area contributed by atoms with Crippen LogP contribution in [0.4, 0.5) is 5.82 Å². The molecule has 0 saturated carbocycles. The number of hydrogen-bond donors (Lipinski definition) is 1. The molecule has 2 rings (SSSR count). The van der Waals surface area contributed by atoms with E-state index in [9.17, 15) is 0 Å². The number of nitrogens with zero attached hydrogens (tertiary/aromatic N) is 3. The molecule has 1 N–H and O–H groups in total. The number of halogens is 1. The zero-order valence-corrected chi connectivity index (χ0v) is 12.6. The molecule has 0 bridgehead atoms. The van der Waals surface area contributed by atoms with Gasteiger partial charge in [0.05, 0.1) is 10.7 Å². The molecular weight excluding hydrogens is 260 g/mol. The van der Waals surface area contributed by atoms with Crippen LogP contribution in [0, 0.1) is 0 Å². The van der Waals surface area contributed by atoms with Crippen LogP contribution in [0.3, 0.4) is 0 Å². The number of piperazine rings is 1. The molecule has 0 unspecified atom stereocenters. The van der Waals surface area contributed by atoms with E-state index >= 15 is 0 Å². The zero-order valence-electron chi connectivity index (χ0n) is 11.8. The quantitative estimate of drug-likeness (QED) is 0.898. The molecule has 19 heavy (non-hydrogen) atoms. The molecule has 1 aliphatic rings. The van der Waals surface area contributed by atoms with Gasteiger partial charge in [-0.1, -0.05) is 18.5 Å². The van der Waals surface area contributed by atoms with E-state index in [-0.39, 0.29) is 0 Å². The number of pyridine rings is 1. The second-order valence-electron chi connectivity index (χ2n) is 4.87. The molecule has 0 aliphatic carbocycles. The summed E-state index contributed by atoms with van der Waals surface area (Å²) in [5.74, 6) is 0.911. The van der Waals surface area contributed by atoms with Crippen LogP contribution in [0.25, 0.3) is 0 Å². The lowest BCUT2D eigenvalue weighted by molar-refractivity contribution is 0.131. The molecule has 0 radical (unpaired) electrons. The van der Waals surface area contributed by atoms with Crippen molar-refractivity contribution in [2.45, 2.75) is 20.4 Å². The van der Waals surface area contributed by atoms with Gasteiger partial charge in [0, 0.05) is 39.3 Å². The standard InChI is InChI=1S/C14H23ClN4/c1-3-16-14-6-5-12(15)13(17-14)11-19-9-7-18(4-2)8-10-19/h5-6H,3-4,7-11H2,1-2H3,(H,16,17).